The number of hydrogen-bond acceptors (Lipinski definition) is 3. The third kappa shape index (κ3) is 4.47. The summed E-state index contributed by atoms with van der Waals surface area (Å²) in [6.45, 7) is 1.60. The molecule has 118 valence electrons. The van der Waals surface area contributed by atoms with Gasteiger partial charge in [0, 0.05) is 18.9 Å². The molecule has 0 spiro atoms. The van der Waals surface area contributed by atoms with Crippen LogP contribution in [0.15, 0.2) is 65.5 Å². The van der Waals surface area contributed by atoms with Crippen molar-refractivity contribution in [3.63, 3.8) is 0 Å². The van der Waals surface area contributed by atoms with Crippen molar-refractivity contribution < 1.29 is 9.21 Å². The number of benzene rings is 1. The number of carbonyl (C=O) groups excluding carboxylic acids is 1. The number of amides is 2. The van der Waals surface area contributed by atoms with Crippen LogP contribution in [0.2, 0.25) is 0 Å². The maximum atomic E-state index is 11.7. The van der Waals surface area contributed by atoms with Crippen molar-refractivity contribution in [2.75, 3.05) is 0 Å². The molecule has 23 heavy (non-hydrogen) atoms. The Morgan fingerprint density at radius 2 is 1.83 bits per heavy atom. The van der Waals surface area contributed by atoms with Crippen molar-refractivity contribution in [1.29, 1.82) is 0 Å². The molecule has 0 radical (unpaired) electrons. The van der Waals surface area contributed by atoms with Gasteiger partial charge in [-0.05, 0) is 29.3 Å². The highest BCUT2D eigenvalue weighted by atomic mass is 16.3. The Kier molecular flexibility index (Phi) is 4.73. The lowest BCUT2D eigenvalue weighted by molar-refractivity contribution is 0.239. The number of furan rings is 1. The Balaban J connectivity index is 1.43. The molecule has 0 aliphatic rings. The molecule has 0 bridgehead atoms. The van der Waals surface area contributed by atoms with Gasteiger partial charge in [0.1, 0.15) is 5.76 Å². The molecule has 0 saturated heterocycles. The van der Waals surface area contributed by atoms with E-state index in [9.17, 15) is 4.79 Å². The fraction of sp³-hybridized carbons (Fsp3) is 0.176. The summed E-state index contributed by atoms with van der Waals surface area (Å²) in [6.07, 6.45) is 5.28. The number of nitrogens with zero attached hydrogens (tertiary/aromatic N) is 2. The van der Waals surface area contributed by atoms with Crippen LogP contribution >= 0.6 is 0 Å². The van der Waals surface area contributed by atoms with Crippen LogP contribution in [-0.2, 0) is 19.6 Å². The summed E-state index contributed by atoms with van der Waals surface area (Å²) in [5, 5.41) is 9.74. The Morgan fingerprint density at radius 1 is 1.04 bits per heavy atom. The average Bonchev–Trinajstić information content (AvgIpc) is 3.26. The zero-order valence-corrected chi connectivity index (χ0v) is 12.6. The lowest BCUT2D eigenvalue weighted by Gasteiger charge is -2.08. The van der Waals surface area contributed by atoms with E-state index in [0.29, 0.717) is 13.1 Å². The molecule has 3 aromatic rings. The van der Waals surface area contributed by atoms with E-state index in [0.717, 1.165) is 17.9 Å². The second kappa shape index (κ2) is 7.31. The molecule has 0 unspecified atom stereocenters. The van der Waals surface area contributed by atoms with Gasteiger partial charge < -0.3 is 15.1 Å². The fourth-order valence-corrected chi connectivity index (χ4v) is 2.17. The lowest BCUT2D eigenvalue weighted by Crippen LogP contribution is -2.34. The molecule has 2 heterocycles. The molecule has 0 aliphatic heterocycles. The van der Waals surface area contributed by atoms with E-state index < -0.39 is 0 Å². The second-order valence-corrected chi connectivity index (χ2v) is 5.14. The van der Waals surface area contributed by atoms with Gasteiger partial charge in [-0.25, -0.2) is 4.79 Å². The van der Waals surface area contributed by atoms with Crippen molar-refractivity contribution in [3.05, 3.63) is 78.0 Å². The predicted molar refractivity (Wildman–Crippen MR) is 85.6 cm³/mol. The number of carbonyl (C=O) groups is 1. The Morgan fingerprint density at radius 3 is 2.52 bits per heavy atom. The van der Waals surface area contributed by atoms with Gasteiger partial charge in [-0.1, -0.05) is 24.3 Å². The first-order valence-corrected chi connectivity index (χ1v) is 7.39. The van der Waals surface area contributed by atoms with Gasteiger partial charge in [0.05, 0.1) is 19.4 Å². The molecule has 6 nitrogen and oxygen atoms in total. The molecule has 2 N–H and O–H groups in total. The summed E-state index contributed by atoms with van der Waals surface area (Å²) in [5.74, 6) is 0.725. The molecular weight excluding hydrogens is 292 g/mol. The Hall–Kier alpha value is -3.02. The van der Waals surface area contributed by atoms with Crippen LogP contribution in [-0.4, -0.2) is 15.8 Å². The third-order valence-corrected chi connectivity index (χ3v) is 3.38. The number of aromatic nitrogens is 2. The summed E-state index contributed by atoms with van der Waals surface area (Å²) < 4.78 is 7.02. The van der Waals surface area contributed by atoms with Crippen LogP contribution in [0.4, 0.5) is 4.79 Å². The highest BCUT2D eigenvalue weighted by Crippen LogP contribution is 2.06. The molecular formula is C17H18N4O2. The van der Waals surface area contributed by atoms with Gasteiger partial charge in [0.25, 0.3) is 0 Å². The average molecular weight is 310 g/mol. The van der Waals surface area contributed by atoms with Gasteiger partial charge in [-0.2, -0.15) is 5.10 Å². The van der Waals surface area contributed by atoms with Crippen LogP contribution < -0.4 is 10.6 Å². The number of hydrogen-bond donors (Lipinski definition) is 2. The molecule has 6 heteroatoms. The zero-order chi connectivity index (χ0) is 15.9. The normalized spacial score (nSPS) is 10.4. The molecule has 2 aromatic heterocycles. The van der Waals surface area contributed by atoms with E-state index in [2.05, 4.69) is 15.7 Å². The maximum Gasteiger partial charge on any atom is 0.315 e. The molecule has 2 amide bonds. The molecule has 1 aromatic carbocycles. The Bertz CT molecular complexity index is 719. The second-order valence-electron chi connectivity index (χ2n) is 5.14. The minimum Gasteiger partial charge on any atom is -0.467 e. The van der Waals surface area contributed by atoms with Crippen molar-refractivity contribution in [3.8, 4) is 0 Å². The van der Waals surface area contributed by atoms with E-state index >= 15 is 0 Å². The molecule has 0 aliphatic carbocycles. The van der Waals surface area contributed by atoms with Crippen LogP contribution in [0.5, 0.6) is 0 Å². The van der Waals surface area contributed by atoms with E-state index in [-0.39, 0.29) is 6.03 Å². The molecule has 0 atom stereocenters. The van der Waals surface area contributed by atoms with E-state index in [1.807, 2.05) is 47.3 Å². The SMILES string of the molecule is O=C(NCc1ccc(Cn2cccn2)cc1)NCc1ccco1. The van der Waals surface area contributed by atoms with Gasteiger partial charge in [-0.3, -0.25) is 4.68 Å². The quantitative estimate of drug-likeness (QED) is 0.735. The van der Waals surface area contributed by atoms with Crippen molar-refractivity contribution in [2.24, 2.45) is 0 Å². The maximum absolute atomic E-state index is 11.7. The summed E-state index contributed by atoms with van der Waals surface area (Å²) in [4.78, 5) is 11.7. The topological polar surface area (TPSA) is 72.1 Å². The van der Waals surface area contributed by atoms with Crippen LogP contribution in [0.3, 0.4) is 0 Å². The van der Waals surface area contributed by atoms with Crippen LogP contribution in [0.1, 0.15) is 16.9 Å². The standard InChI is InChI=1S/C17H18N4O2/c22-17(19-12-16-3-1-10-23-16)18-11-14-4-6-15(7-5-14)13-21-9-2-8-20-21/h1-10H,11-13H2,(H2,18,19,22). The van der Waals surface area contributed by atoms with Gasteiger partial charge in [-0.15, -0.1) is 0 Å². The summed E-state index contributed by atoms with van der Waals surface area (Å²) in [7, 11) is 0. The first-order valence-electron chi connectivity index (χ1n) is 7.39. The number of rotatable bonds is 6. The summed E-state index contributed by atoms with van der Waals surface area (Å²) in [6, 6.07) is 13.4. The molecule has 3 rings (SSSR count). The fourth-order valence-electron chi connectivity index (χ4n) is 2.17. The Labute approximate surface area is 134 Å². The van der Waals surface area contributed by atoms with Crippen molar-refractivity contribution >= 4 is 6.03 Å². The highest BCUT2D eigenvalue weighted by Gasteiger charge is 2.02. The van der Waals surface area contributed by atoms with E-state index in [1.165, 1.54) is 5.56 Å². The largest absolute Gasteiger partial charge is 0.467 e. The van der Waals surface area contributed by atoms with Gasteiger partial charge >= 0.3 is 6.03 Å². The molecule has 0 fully saturated rings. The molecule has 0 saturated carbocycles. The third-order valence-electron chi connectivity index (χ3n) is 3.38. The van der Waals surface area contributed by atoms with E-state index in [4.69, 9.17) is 4.42 Å². The summed E-state index contributed by atoms with van der Waals surface area (Å²) >= 11 is 0. The monoisotopic (exact) mass is 310 g/mol. The minimum absolute atomic E-state index is 0.220. The van der Waals surface area contributed by atoms with Crippen molar-refractivity contribution in [1.82, 2.24) is 20.4 Å². The number of urea groups is 1. The van der Waals surface area contributed by atoms with Gasteiger partial charge in [0.15, 0.2) is 0 Å². The van der Waals surface area contributed by atoms with Crippen LogP contribution in [0, 0.1) is 0 Å². The highest BCUT2D eigenvalue weighted by molar-refractivity contribution is 5.73. The minimum atomic E-state index is -0.220. The number of nitrogens with one attached hydrogen (secondary N) is 2. The first kappa shape index (κ1) is 14.9. The van der Waals surface area contributed by atoms with Crippen molar-refractivity contribution in [2.45, 2.75) is 19.6 Å². The lowest BCUT2D eigenvalue weighted by atomic mass is 10.1. The smallest absolute Gasteiger partial charge is 0.315 e. The van der Waals surface area contributed by atoms with Gasteiger partial charge in [0.2, 0.25) is 0 Å². The zero-order valence-electron chi connectivity index (χ0n) is 12.6. The summed E-state index contributed by atoms with van der Waals surface area (Å²) in [5.41, 5.74) is 2.21. The van der Waals surface area contributed by atoms with E-state index in [1.54, 1.807) is 18.5 Å². The first-order chi connectivity index (χ1) is 11.3. The predicted octanol–water partition coefficient (Wildman–Crippen LogP) is 2.52. The van der Waals surface area contributed by atoms with Crippen LogP contribution in [0.25, 0.3) is 0 Å².